The van der Waals surface area contributed by atoms with Crippen molar-refractivity contribution in [2.45, 2.75) is 38.8 Å². The number of carbonyl (C=O) groups is 3. The zero-order chi connectivity index (χ0) is 32.2. The molecule has 0 saturated carbocycles. The molecular weight excluding hydrogens is 580 g/mol. The molecule has 0 spiro atoms. The molecule has 1 atom stereocenters. The molecule has 1 saturated heterocycles. The van der Waals surface area contributed by atoms with Gasteiger partial charge >= 0.3 is 0 Å². The second kappa shape index (κ2) is 13.4. The fourth-order valence-corrected chi connectivity index (χ4v) is 6.51. The van der Waals surface area contributed by atoms with Crippen LogP contribution in [-0.2, 0) is 22.6 Å². The Bertz CT molecular complexity index is 1830. The molecule has 0 bridgehead atoms. The van der Waals surface area contributed by atoms with Crippen LogP contribution in [0.15, 0.2) is 66.9 Å². The van der Waals surface area contributed by atoms with Gasteiger partial charge < -0.3 is 14.5 Å². The number of anilines is 2. The third-order valence-corrected chi connectivity index (χ3v) is 8.95. The minimum absolute atomic E-state index is 0.0569. The van der Waals surface area contributed by atoms with Crippen LogP contribution in [0, 0.1) is 11.3 Å². The summed E-state index contributed by atoms with van der Waals surface area (Å²) in [6, 6.07) is 22.4. The monoisotopic (exact) mass is 616 g/mol. The molecule has 4 aromatic rings. The van der Waals surface area contributed by atoms with Crippen LogP contribution >= 0.6 is 0 Å². The van der Waals surface area contributed by atoms with E-state index in [0.29, 0.717) is 29.7 Å². The predicted molar refractivity (Wildman–Crippen MR) is 176 cm³/mol. The van der Waals surface area contributed by atoms with E-state index in [0.717, 1.165) is 67.0 Å². The highest BCUT2D eigenvalue weighted by molar-refractivity contribution is 6.25. The van der Waals surface area contributed by atoms with Gasteiger partial charge in [0.2, 0.25) is 12.3 Å². The molecule has 6 rings (SSSR count). The number of pyridine rings is 1. The van der Waals surface area contributed by atoms with Gasteiger partial charge in [-0.3, -0.25) is 24.6 Å². The van der Waals surface area contributed by atoms with Gasteiger partial charge in [0.25, 0.3) is 5.91 Å². The number of amides is 3. The van der Waals surface area contributed by atoms with Crippen LogP contribution in [0.25, 0.3) is 10.8 Å². The Hall–Kier alpha value is -5.27. The van der Waals surface area contributed by atoms with E-state index < -0.39 is 0 Å². The Morgan fingerprint density at radius 1 is 1.09 bits per heavy atom. The lowest BCUT2D eigenvalue weighted by molar-refractivity contribution is -0.125. The number of nitrogens with one attached hydrogen (secondary N) is 1. The van der Waals surface area contributed by atoms with Gasteiger partial charge in [0.1, 0.15) is 6.07 Å². The first-order valence-electron chi connectivity index (χ1n) is 15.5. The van der Waals surface area contributed by atoms with Crippen molar-refractivity contribution in [1.82, 2.24) is 15.2 Å². The van der Waals surface area contributed by atoms with Crippen LogP contribution in [0.5, 0.6) is 5.75 Å². The van der Waals surface area contributed by atoms with Crippen molar-refractivity contribution in [2.24, 2.45) is 0 Å². The van der Waals surface area contributed by atoms with Gasteiger partial charge in [0.05, 0.1) is 18.4 Å². The van der Waals surface area contributed by atoms with Gasteiger partial charge in [0, 0.05) is 68.4 Å². The van der Waals surface area contributed by atoms with E-state index in [1.165, 1.54) is 11.1 Å². The molecule has 2 aliphatic heterocycles. The highest BCUT2D eigenvalue weighted by Crippen LogP contribution is 2.41. The molecule has 3 heterocycles. The first-order valence-corrected chi connectivity index (χ1v) is 15.5. The SMILES string of the molecule is COc1cc(C#N)cnc1N1CCN(Cc2ccc(Cc3ccc4c5c(cccc35)C(=O)N4C(C)CCC(=O)NC=O)cc2)CC1. The molecule has 0 radical (unpaired) electrons. The topological polar surface area (TPSA) is 119 Å². The lowest BCUT2D eigenvalue weighted by Gasteiger charge is -2.35. The summed E-state index contributed by atoms with van der Waals surface area (Å²) in [6.45, 7) is 6.24. The van der Waals surface area contributed by atoms with Gasteiger partial charge in [-0.05, 0) is 54.0 Å². The van der Waals surface area contributed by atoms with E-state index in [4.69, 9.17) is 10.00 Å². The second-order valence-corrected chi connectivity index (χ2v) is 11.8. The molecule has 3 amide bonds. The summed E-state index contributed by atoms with van der Waals surface area (Å²) < 4.78 is 5.49. The lowest BCUT2D eigenvalue weighted by atomic mass is 9.95. The van der Waals surface area contributed by atoms with E-state index in [2.05, 4.69) is 62.6 Å². The summed E-state index contributed by atoms with van der Waals surface area (Å²) in [5.41, 5.74) is 5.64. The number of carbonyl (C=O) groups excluding carboxylic acids is 3. The number of hydrogen-bond donors (Lipinski definition) is 1. The number of aromatic nitrogens is 1. The number of ether oxygens (including phenoxy) is 1. The van der Waals surface area contributed by atoms with Crippen molar-refractivity contribution >= 4 is 40.5 Å². The van der Waals surface area contributed by atoms with Crippen molar-refractivity contribution < 1.29 is 19.1 Å². The summed E-state index contributed by atoms with van der Waals surface area (Å²) in [6.07, 6.45) is 3.34. The molecule has 10 nitrogen and oxygen atoms in total. The Balaban J connectivity index is 1.10. The van der Waals surface area contributed by atoms with E-state index >= 15 is 0 Å². The fourth-order valence-electron chi connectivity index (χ4n) is 6.51. The molecule has 2 aliphatic rings. The zero-order valence-corrected chi connectivity index (χ0v) is 26.0. The normalized spacial score (nSPS) is 15.1. The predicted octanol–water partition coefficient (Wildman–Crippen LogP) is 4.43. The summed E-state index contributed by atoms with van der Waals surface area (Å²) in [7, 11) is 1.60. The number of piperazine rings is 1. The van der Waals surface area contributed by atoms with Crippen molar-refractivity contribution in [3.63, 3.8) is 0 Å². The molecule has 234 valence electrons. The summed E-state index contributed by atoms with van der Waals surface area (Å²) in [5.74, 6) is 0.997. The third kappa shape index (κ3) is 6.14. The Morgan fingerprint density at radius 2 is 1.85 bits per heavy atom. The third-order valence-electron chi connectivity index (χ3n) is 8.95. The number of methoxy groups -OCH3 is 1. The molecule has 1 fully saturated rings. The highest BCUT2D eigenvalue weighted by atomic mass is 16.5. The van der Waals surface area contributed by atoms with E-state index in [1.807, 2.05) is 25.1 Å². The summed E-state index contributed by atoms with van der Waals surface area (Å²) in [4.78, 5) is 46.7. The van der Waals surface area contributed by atoms with E-state index in [1.54, 1.807) is 24.3 Å². The van der Waals surface area contributed by atoms with Crippen molar-refractivity contribution in [3.8, 4) is 11.8 Å². The molecule has 1 aromatic heterocycles. The zero-order valence-electron chi connectivity index (χ0n) is 26.0. The molecule has 3 aromatic carbocycles. The Morgan fingerprint density at radius 3 is 2.57 bits per heavy atom. The number of imide groups is 1. The smallest absolute Gasteiger partial charge is 0.259 e. The minimum Gasteiger partial charge on any atom is -0.493 e. The van der Waals surface area contributed by atoms with Gasteiger partial charge in [-0.1, -0.05) is 42.5 Å². The first-order chi connectivity index (χ1) is 22.4. The maximum absolute atomic E-state index is 13.4. The van der Waals surface area contributed by atoms with Crippen molar-refractivity contribution in [1.29, 1.82) is 5.26 Å². The van der Waals surface area contributed by atoms with Gasteiger partial charge in [-0.2, -0.15) is 5.26 Å². The maximum Gasteiger partial charge on any atom is 0.259 e. The molecular formula is C36H36N6O4. The quantitative estimate of drug-likeness (QED) is 0.246. The number of benzene rings is 3. The first kappa shape index (κ1) is 30.7. The van der Waals surface area contributed by atoms with Gasteiger partial charge in [-0.25, -0.2) is 4.98 Å². The second-order valence-electron chi connectivity index (χ2n) is 11.8. The highest BCUT2D eigenvalue weighted by Gasteiger charge is 2.33. The van der Waals surface area contributed by atoms with Gasteiger partial charge in [0.15, 0.2) is 11.6 Å². The molecule has 1 unspecified atom stereocenters. The summed E-state index contributed by atoms with van der Waals surface area (Å²) in [5, 5.41) is 13.4. The average Bonchev–Trinajstić information content (AvgIpc) is 3.38. The van der Waals surface area contributed by atoms with Crippen LogP contribution in [0.2, 0.25) is 0 Å². The number of rotatable bonds is 11. The van der Waals surface area contributed by atoms with E-state index in [9.17, 15) is 14.4 Å². The lowest BCUT2D eigenvalue weighted by Crippen LogP contribution is -2.46. The standard InChI is InChI=1S/C36H36N6O4/c1-24(6-13-33(44)39-23-43)42-31-12-11-28(29-4-3-5-30(34(29)31)36(42)45)18-25-7-9-26(10-8-25)22-40-14-16-41(17-15-40)35-32(46-2)19-27(20-37)21-38-35/h3-5,7-12,19,21,23-24H,6,13-18,22H2,1-2H3,(H,39,43,44). The molecule has 1 N–H and O–H groups in total. The van der Waals surface area contributed by atoms with Crippen molar-refractivity contribution in [3.05, 3.63) is 94.7 Å². The maximum atomic E-state index is 13.4. The van der Waals surface area contributed by atoms with Crippen LogP contribution in [0.1, 0.15) is 52.4 Å². The van der Waals surface area contributed by atoms with Crippen LogP contribution < -0.4 is 19.9 Å². The Labute approximate surface area is 268 Å². The van der Waals surface area contributed by atoms with Crippen molar-refractivity contribution in [2.75, 3.05) is 43.1 Å². The molecule has 46 heavy (non-hydrogen) atoms. The van der Waals surface area contributed by atoms with Crippen LogP contribution in [-0.4, -0.2) is 67.4 Å². The Kier molecular flexibility index (Phi) is 8.94. The van der Waals surface area contributed by atoms with Crippen LogP contribution in [0.3, 0.4) is 0 Å². The van der Waals surface area contributed by atoms with E-state index in [-0.39, 0.29) is 24.3 Å². The minimum atomic E-state index is -0.349. The summed E-state index contributed by atoms with van der Waals surface area (Å²) >= 11 is 0. The number of hydrogen-bond acceptors (Lipinski definition) is 8. The van der Waals surface area contributed by atoms with Crippen LogP contribution in [0.4, 0.5) is 11.5 Å². The molecule has 10 heteroatoms. The number of nitriles is 1. The average molecular weight is 617 g/mol. The molecule has 0 aliphatic carbocycles. The largest absolute Gasteiger partial charge is 0.493 e. The fraction of sp³-hybridized carbons (Fsp3) is 0.306. The number of nitrogens with zero attached hydrogens (tertiary/aromatic N) is 5. The van der Waals surface area contributed by atoms with Gasteiger partial charge in [-0.15, -0.1) is 0 Å².